The fraction of sp³-hybridized carbons (Fsp3) is 0.438. The first-order valence-corrected chi connectivity index (χ1v) is 24.7. The highest BCUT2D eigenvalue weighted by molar-refractivity contribution is 6.91. The average Bonchev–Trinajstić information content (AvgIpc) is 3.74. The minimum atomic E-state index is -2.31. The van der Waals surface area contributed by atoms with Crippen molar-refractivity contribution in [2.24, 2.45) is 5.92 Å². The average molecular weight is 848 g/mol. The maximum absolute atomic E-state index is 14.4. The Morgan fingerprint density at radius 2 is 1.74 bits per heavy atom. The second-order valence-electron chi connectivity index (χ2n) is 16.8. The van der Waals surface area contributed by atoms with E-state index in [1.165, 1.54) is 5.19 Å². The Balaban J connectivity index is 1.21. The molecule has 0 radical (unpaired) electrons. The van der Waals surface area contributed by atoms with Crippen LogP contribution in [0.4, 0.5) is 11.4 Å². The number of aromatic nitrogens is 3. The van der Waals surface area contributed by atoms with Gasteiger partial charge in [0.25, 0.3) is 0 Å². The molecular weight excluding hydrogens is 787 g/mol. The van der Waals surface area contributed by atoms with Crippen LogP contribution in [0, 0.1) is 5.92 Å². The lowest BCUT2D eigenvalue weighted by molar-refractivity contribution is -0.120. The monoisotopic (exact) mass is 847 g/mol. The standard InChI is InChI=1S/C48H61N5O7Si/c1-7-59-37-18-21-43-34(27-37)28-41(49-24-11-12-26-54)48(56)53(43)35-15-22-44-39(29-35)46(58-4)32(2)47(60-44)45(61(5,6)38-19-16-36(57-3)17-20-38)23-25-52-30-42(50-51-52)40(31-55)33-13-9-8-10-14-33/h8-10,13-22,27,29-30,32,40-41,45-47,49,54-55H,7,11-12,23-26,28,31H2,1-6H3/t32-,40?,41?,45?,46-,47-/m1/s1. The number of carbonyl (C=O) groups is 1. The molecule has 13 heteroatoms. The number of methoxy groups -OCH3 is 2. The smallest absolute Gasteiger partial charge is 0.249 e. The van der Waals surface area contributed by atoms with Crippen molar-refractivity contribution in [1.82, 2.24) is 20.3 Å². The molecule has 3 unspecified atom stereocenters. The minimum Gasteiger partial charge on any atom is -0.497 e. The number of unbranched alkanes of at least 4 members (excludes halogenated alkanes) is 1. The molecule has 5 aromatic rings. The van der Waals surface area contributed by atoms with E-state index < -0.39 is 14.1 Å². The lowest BCUT2D eigenvalue weighted by atomic mass is 9.86. The van der Waals surface area contributed by atoms with Gasteiger partial charge in [-0.15, -0.1) is 5.10 Å². The number of rotatable bonds is 19. The summed E-state index contributed by atoms with van der Waals surface area (Å²) in [6, 6.07) is 29.9. The second kappa shape index (κ2) is 19.8. The van der Waals surface area contributed by atoms with Crippen molar-refractivity contribution in [3.8, 4) is 17.2 Å². The van der Waals surface area contributed by atoms with E-state index in [1.54, 1.807) is 14.2 Å². The summed E-state index contributed by atoms with van der Waals surface area (Å²) in [6.45, 7) is 10.8. The summed E-state index contributed by atoms with van der Waals surface area (Å²) in [5.41, 5.74) is 5.35. The summed E-state index contributed by atoms with van der Waals surface area (Å²) in [4.78, 5) is 16.2. The Morgan fingerprint density at radius 3 is 2.44 bits per heavy atom. The second-order valence-corrected chi connectivity index (χ2v) is 21.5. The van der Waals surface area contributed by atoms with Crippen LogP contribution in [0.2, 0.25) is 18.6 Å². The number of fused-ring (bicyclic) bond motifs is 2. The maximum atomic E-state index is 14.4. The zero-order valence-electron chi connectivity index (χ0n) is 36.3. The molecule has 0 spiro atoms. The predicted octanol–water partition coefficient (Wildman–Crippen LogP) is 6.92. The molecule has 4 aromatic carbocycles. The van der Waals surface area contributed by atoms with Gasteiger partial charge < -0.3 is 34.5 Å². The number of aliphatic hydroxyl groups is 2. The first kappa shape index (κ1) is 44.0. The number of nitrogens with zero attached hydrogens (tertiary/aromatic N) is 4. The van der Waals surface area contributed by atoms with Crippen LogP contribution in [0.5, 0.6) is 17.2 Å². The zero-order valence-corrected chi connectivity index (χ0v) is 37.3. The van der Waals surface area contributed by atoms with Crippen LogP contribution < -0.4 is 29.6 Å². The first-order valence-electron chi connectivity index (χ1n) is 21.6. The Kier molecular flexibility index (Phi) is 14.3. The van der Waals surface area contributed by atoms with Crippen LogP contribution in [0.15, 0.2) is 97.2 Å². The molecule has 2 aliphatic heterocycles. The van der Waals surface area contributed by atoms with Crippen LogP contribution in [0.25, 0.3) is 0 Å². The van der Waals surface area contributed by atoms with Gasteiger partial charge in [0.1, 0.15) is 23.4 Å². The van der Waals surface area contributed by atoms with Crippen molar-refractivity contribution in [3.05, 3.63) is 120 Å². The third kappa shape index (κ3) is 9.41. The number of hydrogen-bond donors (Lipinski definition) is 3. The van der Waals surface area contributed by atoms with Gasteiger partial charge in [-0.05, 0) is 104 Å². The number of nitrogens with one attached hydrogen (secondary N) is 1. The van der Waals surface area contributed by atoms with E-state index in [0.717, 1.165) is 63.8 Å². The van der Waals surface area contributed by atoms with Crippen molar-refractivity contribution in [2.75, 3.05) is 45.5 Å². The molecular formula is C48H61N5O7Si. The van der Waals surface area contributed by atoms with Crippen molar-refractivity contribution in [3.63, 3.8) is 0 Å². The Bertz CT molecular complexity index is 2220. The zero-order chi connectivity index (χ0) is 43.1. The molecule has 1 aromatic heterocycles. The molecule has 324 valence electrons. The van der Waals surface area contributed by atoms with Crippen molar-refractivity contribution in [1.29, 1.82) is 0 Å². The largest absolute Gasteiger partial charge is 0.497 e. The topological polar surface area (TPSA) is 140 Å². The van der Waals surface area contributed by atoms with E-state index in [9.17, 15) is 15.0 Å². The van der Waals surface area contributed by atoms with Gasteiger partial charge >= 0.3 is 0 Å². The van der Waals surface area contributed by atoms with Crippen molar-refractivity contribution >= 4 is 30.5 Å². The number of benzene rings is 4. The molecule has 0 bridgehead atoms. The van der Waals surface area contributed by atoms with Gasteiger partial charge in [-0.1, -0.05) is 72.9 Å². The van der Waals surface area contributed by atoms with Gasteiger partial charge in [0.2, 0.25) is 5.91 Å². The molecule has 61 heavy (non-hydrogen) atoms. The molecule has 12 nitrogen and oxygen atoms in total. The number of carbonyl (C=O) groups excluding carboxylic acids is 1. The highest BCUT2D eigenvalue weighted by Gasteiger charge is 2.47. The van der Waals surface area contributed by atoms with Crippen LogP contribution in [-0.2, 0) is 22.5 Å². The molecule has 2 aliphatic rings. The summed E-state index contributed by atoms with van der Waals surface area (Å²) in [5.74, 6) is 1.99. The number of aryl methyl sites for hydroxylation is 1. The van der Waals surface area contributed by atoms with E-state index in [0.29, 0.717) is 32.5 Å². The SMILES string of the molecule is CCOc1ccc2c(c1)CC(NCCCCO)C(=O)N2c1ccc2c(c1)[C@H](OC)[C@@H](C)[C@H](C(CCn1cc(C(CO)c3ccccc3)nn1)[Si](C)(C)c1ccc(OC)cc1)O2. The van der Waals surface area contributed by atoms with Crippen LogP contribution >= 0.6 is 0 Å². The Hall–Kier alpha value is -5.05. The molecule has 3 heterocycles. The fourth-order valence-electron chi connectivity index (χ4n) is 9.30. The highest BCUT2D eigenvalue weighted by Crippen LogP contribution is 2.49. The highest BCUT2D eigenvalue weighted by atomic mass is 28.3. The molecule has 0 saturated heterocycles. The number of aliphatic hydroxyl groups excluding tert-OH is 2. The molecule has 0 fully saturated rings. The summed E-state index contributed by atoms with van der Waals surface area (Å²) < 4.78 is 26.9. The van der Waals surface area contributed by atoms with Crippen molar-refractivity contribution < 1.29 is 34.0 Å². The van der Waals surface area contributed by atoms with Gasteiger partial charge in [-0.3, -0.25) is 14.4 Å². The third-order valence-corrected chi connectivity index (χ3v) is 17.0. The van der Waals surface area contributed by atoms with Crippen LogP contribution in [0.1, 0.15) is 67.5 Å². The minimum absolute atomic E-state index is 0.0325. The van der Waals surface area contributed by atoms with E-state index in [-0.39, 0.29) is 48.7 Å². The molecule has 1 amide bonds. The molecule has 7 rings (SSSR count). The molecule has 0 saturated carbocycles. The van der Waals surface area contributed by atoms with E-state index in [4.69, 9.17) is 18.9 Å². The third-order valence-electron chi connectivity index (χ3n) is 12.7. The lowest BCUT2D eigenvalue weighted by Crippen LogP contribution is -2.54. The van der Waals surface area contributed by atoms with E-state index in [1.807, 2.05) is 95.5 Å². The predicted molar refractivity (Wildman–Crippen MR) is 240 cm³/mol. The summed E-state index contributed by atoms with van der Waals surface area (Å²) in [5, 5.41) is 33.5. The molecule has 0 aliphatic carbocycles. The number of anilines is 2. The maximum Gasteiger partial charge on any atom is 0.249 e. The lowest BCUT2D eigenvalue weighted by Gasteiger charge is -2.46. The van der Waals surface area contributed by atoms with Crippen LogP contribution in [-0.4, -0.2) is 91.9 Å². The summed E-state index contributed by atoms with van der Waals surface area (Å²) >= 11 is 0. The number of hydrogen-bond acceptors (Lipinski definition) is 10. The number of amides is 1. The summed E-state index contributed by atoms with van der Waals surface area (Å²) in [7, 11) is 1.13. The van der Waals surface area contributed by atoms with Gasteiger partial charge in [-0.2, -0.15) is 0 Å². The van der Waals surface area contributed by atoms with E-state index in [2.05, 4.69) is 53.8 Å². The number of ether oxygens (including phenoxy) is 4. The van der Waals surface area contributed by atoms with Gasteiger partial charge in [0, 0.05) is 43.6 Å². The fourth-order valence-corrected chi connectivity index (χ4v) is 12.8. The quantitative estimate of drug-likeness (QED) is 0.0593. The van der Waals surface area contributed by atoms with Gasteiger partial charge in [0.05, 0.1) is 57.8 Å². The van der Waals surface area contributed by atoms with Gasteiger partial charge in [0.15, 0.2) is 0 Å². The van der Waals surface area contributed by atoms with Crippen molar-refractivity contribution in [2.45, 2.75) is 88.9 Å². The molecule has 6 atom stereocenters. The molecule has 3 N–H and O–H groups in total. The van der Waals surface area contributed by atoms with Gasteiger partial charge in [-0.25, -0.2) is 0 Å². The Labute approximate surface area is 360 Å². The summed E-state index contributed by atoms with van der Waals surface area (Å²) in [6.07, 6.45) is 4.21. The Morgan fingerprint density at radius 1 is 0.967 bits per heavy atom. The normalized spacial score (nSPS) is 19.7. The van der Waals surface area contributed by atoms with Crippen LogP contribution in [0.3, 0.4) is 0 Å². The van der Waals surface area contributed by atoms with E-state index >= 15 is 0 Å². The first-order chi connectivity index (χ1) is 29.6.